The number of thioether (sulfide) groups is 1. The van der Waals surface area contributed by atoms with Crippen LogP contribution in [0.5, 0.6) is 0 Å². The number of fused-ring (bicyclic) bond motifs is 1. The number of nitrogens with zero attached hydrogens (tertiary/aromatic N) is 6. The Bertz CT molecular complexity index is 1550. The van der Waals surface area contributed by atoms with Crippen LogP contribution in [-0.2, 0) is 15.7 Å². The Morgan fingerprint density at radius 3 is 2.42 bits per heavy atom. The number of likely N-dealkylation sites (N-methyl/N-ethyl adjacent to an activating group) is 1. The van der Waals surface area contributed by atoms with Crippen LogP contribution >= 0.6 is 23.7 Å². The number of piperazine rings is 2. The van der Waals surface area contributed by atoms with Crippen LogP contribution in [0.1, 0.15) is 18.1 Å². The molecule has 2 aromatic rings. The predicted octanol–water partition coefficient (Wildman–Crippen LogP) is 4.90. The number of quaternary nitrogens is 1. The summed E-state index contributed by atoms with van der Waals surface area (Å²) in [6.45, 7) is 9.24. The Morgan fingerprint density at radius 1 is 1.12 bits per heavy atom. The lowest BCUT2D eigenvalue weighted by Gasteiger charge is -2.47. The summed E-state index contributed by atoms with van der Waals surface area (Å²) < 4.78 is 80.0. The Labute approximate surface area is 287 Å². The zero-order chi connectivity index (χ0) is 34.4. The molecule has 0 bridgehead atoms. The summed E-state index contributed by atoms with van der Waals surface area (Å²) in [4.78, 5) is 27.3. The van der Waals surface area contributed by atoms with Crippen molar-refractivity contribution < 1.29 is 31.5 Å². The van der Waals surface area contributed by atoms with Gasteiger partial charge in [-0.05, 0) is 32.2 Å². The van der Waals surface area contributed by atoms with Crippen LogP contribution in [0.15, 0.2) is 34.2 Å². The maximum atomic E-state index is 15.5. The van der Waals surface area contributed by atoms with Crippen LogP contribution in [0.25, 0.3) is 11.1 Å². The first-order chi connectivity index (χ1) is 22.9. The molecule has 0 aliphatic carbocycles. The number of benzene rings is 2. The molecule has 6 rings (SSSR count). The first kappa shape index (κ1) is 35.6. The summed E-state index contributed by atoms with van der Waals surface area (Å²) in [5, 5.41) is 0. The number of amides is 1. The molecule has 4 heterocycles. The van der Waals surface area contributed by atoms with E-state index in [2.05, 4.69) is 19.7 Å². The second-order valence-electron chi connectivity index (χ2n) is 13.0. The molecule has 1 unspecified atom stereocenters. The quantitative estimate of drug-likeness (QED) is 0.101. The van der Waals surface area contributed by atoms with Crippen molar-refractivity contribution in [3.8, 4) is 11.1 Å². The van der Waals surface area contributed by atoms with Crippen molar-refractivity contribution in [2.45, 2.75) is 36.1 Å². The van der Waals surface area contributed by atoms with E-state index in [0.29, 0.717) is 55.6 Å². The molecule has 4 aliphatic rings. The minimum absolute atomic E-state index is 0.0709. The molecule has 0 spiro atoms. The molecule has 0 saturated carbocycles. The van der Waals surface area contributed by atoms with E-state index >= 15 is 17.6 Å². The highest BCUT2D eigenvalue weighted by Crippen LogP contribution is 2.55. The predicted molar refractivity (Wildman–Crippen MR) is 181 cm³/mol. The molecular weight excluding hydrogens is 672 g/mol. The first-order valence-corrected chi connectivity index (χ1v) is 18.3. The molecule has 3 fully saturated rings. The van der Waals surface area contributed by atoms with Crippen LogP contribution in [0.4, 0.5) is 27.6 Å². The smallest absolute Gasteiger partial charge is 0.378 e. The maximum Gasteiger partial charge on any atom is 0.417 e. The van der Waals surface area contributed by atoms with E-state index in [1.54, 1.807) is 13.3 Å². The molecular formula is C33H42F5N6O2S2+. The maximum absolute atomic E-state index is 15.5. The van der Waals surface area contributed by atoms with Crippen molar-refractivity contribution >= 4 is 41.6 Å². The van der Waals surface area contributed by atoms with Gasteiger partial charge in [0, 0.05) is 82.4 Å². The van der Waals surface area contributed by atoms with Crippen LogP contribution < -0.4 is 3.89 Å². The standard InChI is InChI=1S/C33H42F5N6O2S2/c1-21-15-40(3)7-12-43(21)32(39-2)26-14-27(33(36,37)38)29(25-6-5-22(34)13-28(25)35)31-30(26)44(20-45,47-4)24(19-48-31)16-41-8-10-42(11-9-41)23-17-46-18-23/h5-6,13-14,20-21,23-24H,7-12,15-19H2,1-4H3/q+1/t21-,24-,44?/m0/s1. The first-order valence-electron chi connectivity index (χ1n) is 16.2. The summed E-state index contributed by atoms with van der Waals surface area (Å²) >= 11 is 2.46. The van der Waals surface area contributed by atoms with E-state index in [9.17, 15) is 9.18 Å². The minimum Gasteiger partial charge on any atom is -0.378 e. The molecule has 48 heavy (non-hydrogen) atoms. The number of hydrogen-bond acceptors (Lipinski definition) is 8. The lowest BCUT2D eigenvalue weighted by atomic mass is 9.92. The number of amidine groups is 1. The molecule has 15 heteroatoms. The zero-order valence-corrected chi connectivity index (χ0v) is 29.2. The second kappa shape index (κ2) is 14.2. The van der Waals surface area contributed by atoms with E-state index in [1.165, 1.54) is 23.7 Å². The van der Waals surface area contributed by atoms with Crippen molar-refractivity contribution in [3.05, 3.63) is 47.0 Å². The number of ether oxygens (including phenoxy) is 1. The highest BCUT2D eigenvalue weighted by Gasteiger charge is 2.52. The highest BCUT2D eigenvalue weighted by atomic mass is 32.2. The molecule has 3 atom stereocenters. The van der Waals surface area contributed by atoms with E-state index in [0.717, 1.165) is 64.0 Å². The van der Waals surface area contributed by atoms with Crippen LogP contribution in [0.2, 0.25) is 0 Å². The number of hydrogen-bond donors (Lipinski definition) is 0. The normalized spacial score (nSPS) is 26.8. The van der Waals surface area contributed by atoms with Gasteiger partial charge in [0.25, 0.3) is 0 Å². The van der Waals surface area contributed by atoms with E-state index in [1.807, 2.05) is 18.9 Å². The van der Waals surface area contributed by atoms with Crippen LogP contribution in [0, 0.1) is 11.6 Å². The SMILES string of the molecule is CN=C(c1cc(C(F)(F)F)c(-c2ccc(F)cc2F)c2c1[N+](C=O)(SC)[C@@H](CN1CCN(C3COC3)CC1)CS2)N1CCN(C)C[C@@H]1C. The van der Waals surface area contributed by atoms with E-state index in [-0.39, 0.29) is 37.6 Å². The Morgan fingerprint density at radius 2 is 1.85 bits per heavy atom. The topological polar surface area (TPSA) is 51.6 Å². The lowest BCUT2D eigenvalue weighted by Crippen LogP contribution is -2.62. The molecule has 2 aromatic carbocycles. The third-order valence-corrected chi connectivity index (χ3v) is 12.5. The van der Waals surface area contributed by atoms with Gasteiger partial charge in [-0.25, -0.2) is 13.6 Å². The molecule has 0 radical (unpaired) electrons. The van der Waals surface area contributed by atoms with Gasteiger partial charge in [-0.15, -0.1) is 11.8 Å². The number of aliphatic imine (C=N–C) groups is 1. The number of rotatable bonds is 7. The number of carbonyl (C=O) groups excluding carboxylic acids is 1. The van der Waals surface area contributed by atoms with Crippen LogP contribution in [-0.4, -0.2) is 142 Å². The number of halogens is 5. The third-order valence-electron chi connectivity index (χ3n) is 10.1. The van der Waals surface area contributed by atoms with Crippen molar-refractivity contribution in [2.24, 2.45) is 4.99 Å². The molecule has 0 N–H and O–H groups in total. The van der Waals surface area contributed by atoms with E-state index < -0.39 is 23.4 Å². The summed E-state index contributed by atoms with van der Waals surface area (Å²) in [6.07, 6.45) is -2.28. The van der Waals surface area contributed by atoms with Gasteiger partial charge in [0.05, 0.1) is 59.5 Å². The third kappa shape index (κ3) is 6.51. The van der Waals surface area contributed by atoms with Crippen LogP contribution in [0.3, 0.4) is 0 Å². The Balaban J connectivity index is 1.53. The van der Waals surface area contributed by atoms with Crippen molar-refractivity contribution in [2.75, 3.05) is 91.7 Å². The molecule has 1 amide bonds. The van der Waals surface area contributed by atoms with Crippen molar-refractivity contribution in [1.82, 2.24) is 23.5 Å². The summed E-state index contributed by atoms with van der Waals surface area (Å²) in [5.74, 6) is -1.30. The van der Waals surface area contributed by atoms with Gasteiger partial charge >= 0.3 is 12.6 Å². The Kier molecular flexibility index (Phi) is 10.5. The van der Waals surface area contributed by atoms with Gasteiger partial charge in [0.15, 0.2) is 5.69 Å². The Hall–Kier alpha value is -2.27. The fourth-order valence-electron chi connectivity index (χ4n) is 7.46. The molecule has 8 nitrogen and oxygen atoms in total. The minimum atomic E-state index is -4.88. The molecule has 262 valence electrons. The largest absolute Gasteiger partial charge is 0.417 e. The van der Waals surface area contributed by atoms with Gasteiger partial charge in [0.2, 0.25) is 0 Å². The highest BCUT2D eigenvalue weighted by molar-refractivity contribution is 8.01. The van der Waals surface area contributed by atoms with Gasteiger partial charge in [-0.2, -0.15) is 17.1 Å². The fraction of sp³-hybridized carbons (Fsp3) is 0.576. The number of alkyl halides is 3. The molecule has 4 aliphatic heterocycles. The second-order valence-corrected chi connectivity index (χ2v) is 15.0. The lowest BCUT2D eigenvalue weighted by molar-refractivity contribution is -0.137. The average Bonchev–Trinajstić information content (AvgIpc) is 3.02. The summed E-state index contributed by atoms with van der Waals surface area (Å²) in [5.41, 5.74) is -1.21. The van der Waals surface area contributed by atoms with Crippen molar-refractivity contribution in [1.29, 1.82) is 0 Å². The fourth-order valence-corrected chi connectivity index (χ4v) is 9.97. The van der Waals surface area contributed by atoms with Crippen molar-refractivity contribution in [3.63, 3.8) is 0 Å². The van der Waals surface area contributed by atoms with Gasteiger partial charge in [-0.1, -0.05) is 0 Å². The monoisotopic (exact) mass is 713 g/mol. The zero-order valence-electron chi connectivity index (χ0n) is 27.6. The van der Waals surface area contributed by atoms with Gasteiger partial charge in [-0.3, -0.25) is 14.8 Å². The molecule has 3 saturated heterocycles. The van der Waals surface area contributed by atoms with Gasteiger partial charge in [0.1, 0.15) is 23.5 Å². The summed E-state index contributed by atoms with van der Waals surface area (Å²) in [6, 6.07) is 3.70. The van der Waals surface area contributed by atoms with E-state index in [4.69, 9.17) is 4.74 Å². The average molecular weight is 714 g/mol. The number of carbonyl (C=O) groups is 1. The summed E-state index contributed by atoms with van der Waals surface area (Å²) in [7, 11) is 3.55. The van der Waals surface area contributed by atoms with Gasteiger partial charge < -0.3 is 14.5 Å². The molecule has 0 aromatic heterocycles.